The zero-order valence-electron chi connectivity index (χ0n) is 11.6. The number of aliphatic hydroxyl groups is 2. The topological polar surface area (TPSA) is 77.4 Å². The molecule has 22 heavy (non-hydrogen) atoms. The minimum Gasteiger partial charge on any atom is -0.454 e. The SMILES string of the molecule is O[C@H](c1ccc2c(c1)OCO2)[C@H](O)c1ccc2c(c1)OCO2. The molecule has 0 amide bonds. The van der Waals surface area contributed by atoms with Gasteiger partial charge in [-0.1, -0.05) is 12.1 Å². The Balaban J connectivity index is 1.60. The van der Waals surface area contributed by atoms with Gasteiger partial charge < -0.3 is 29.2 Å². The van der Waals surface area contributed by atoms with E-state index >= 15 is 0 Å². The number of fused-ring (bicyclic) bond motifs is 2. The van der Waals surface area contributed by atoms with Crippen molar-refractivity contribution < 1.29 is 29.2 Å². The van der Waals surface area contributed by atoms with E-state index in [1.54, 1.807) is 36.4 Å². The average Bonchev–Trinajstić information content (AvgIpc) is 3.20. The molecule has 0 bridgehead atoms. The number of aliphatic hydroxyl groups excluding tert-OH is 2. The maximum absolute atomic E-state index is 10.4. The van der Waals surface area contributed by atoms with Gasteiger partial charge in [-0.3, -0.25) is 0 Å². The maximum Gasteiger partial charge on any atom is 0.231 e. The molecule has 6 nitrogen and oxygen atoms in total. The van der Waals surface area contributed by atoms with Crippen molar-refractivity contribution in [1.29, 1.82) is 0 Å². The summed E-state index contributed by atoms with van der Waals surface area (Å²) in [6, 6.07) is 10.2. The van der Waals surface area contributed by atoms with Crippen molar-refractivity contribution in [2.45, 2.75) is 12.2 Å². The lowest BCUT2D eigenvalue weighted by molar-refractivity contribution is 0.0170. The molecule has 0 unspecified atom stereocenters. The highest BCUT2D eigenvalue weighted by molar-refractivity contribution is 5.47. The molecule has 2 heterocycles. The van der Waals surface area contributed by atoms with Crippen molar-refractivity contribution in [1.82, 2.24) is 0 Å². The van der Waals surface area contributed by atoms with Gasteiger partial charge in [-0.05, 0) is 35.4 Å². The highest BCUT2D eigenvalue weighted by atomic mass is 16.7. The normalized spacial score (nSPS) is 17.4. The van der Waals surface area contributed by atoms with Gasteiger partial charge in [-0.2, -0.15) is 0 Å². The molecule has 0 aromatic heterocycles. The van der Waals surface area contributed by atoms with Crippen molar-refractivity contribution >= 4 is 0 Å². The Labute approximate surface area is 126 Å². The van der Waals surface area contributed by atoms with Gasteiger partial charge in [-0.25, -0.2) is 0 Å². The van der Waals surface area contributed by atoms with Gasteiger partial charge in [0.2, 0.25) is 13.6 Å². The van der Waals surface area contributed by atoms with Crippen LogP contribution in [-0.4, -0.2) is 23.8 Å². The third-order valence-electron chi connectivity index (χ3n) is 3.78. The molecule has 2 aromatic carbocycles. The van der Waals surface area contributed by atoms with Gasteiger partial charge in [0, 0.05) is 0 Å². The first-order valence-corrected chi connectivity index (χ1v) is 6.87. The van der Waals surface area contributed by atoms with Crippen LogP contribution in [0.5, 0.6) is 23.0 Å². The van der Waals surface area contributed by atoms with Crippen LogP contribution >= 0.6 is 0 Å². The van der Waals surface area contributed by atoms with Crippen LogP contribution in [0.3, 0.4) is 0 Å². The van der Waals surface area contributed by atoms with Gasteiger partial charge in [0.15, 0.2) is 23.0 Å². The number of hydrogen-bond acceptors (Lipinski definition) is 6. The summed E-state index contributed by atoms with van der Waals surface area (Å²) in [5.74, 6) is 2.39. The summed E-state index contributed by atoms with van der Waals surface area (Å²) < 4.78 is 21.0. The van der Waals surface area contributed by atoms with Crippen LogP contribution in [0.25, 0.3) is 0 Å². The third-order valence-corrected chi connectivity index (χ3v) is 3.78. The first kappa shape index (κ1) is 13.2. The largest absolute Gasteiger partial charge is 0.454 e. The molecule has 0 spiro atoms. The molecule has 114 valence electrons. The summed E-state index contributed by atoms with van der Waals surface area (Å²) in [4.78, 5) is 0. The molecule has 2 aliphatic rings. The molecule has 4 rings (SSSR count). The quantitative estimate of drug-likeness (QED) is 0.902. The predicted octanol–water partition coefficient (Wildman–Crippen LogP) is 1.91. The highest BCUT2D eigenvalue weighted by Gasteiger charge is 2.25. The standard InChI is InChI=1S/C16H14O6/c17-15(9-1-3-11-13(5-9)21-7-19-11)16(18)10-2-4-12-14(6-10)22-8-20-12/h1-6,15-18H,7-8H2/t15-,16-/m1/s1. The Bertz CT molecular complexity index is 652. The molecular formula is C16H14O6. The van der Waals surface area contributed by atoms with Crippen LogP contribution in [0.2, 0.25) is 0 Å². The van der Waals surface area contributed by atoms with Gasteiger partial charge in [0.25, 0.3) is 0 Å². The lowest BCUT2D eigenvalue weighted by atomic mass is 9.97. The Morgan fingerprint density at radius 1 is 0.636 bits per heavy atom. The van der Waals surface area contributed by atoms with Crippen LogP contribution in [0.4, 0.5) is 0 Å². The minimum atomic E-state index is -1.09. The molecule has 6 heteroatoms. The molecule has 2 N–H and O–H groups in total. The fourth-order valence-corrected chi connectivity index (χ4v) is 2.56. The molecule has 0 saturated heterocycles. The second kappa shape index (κ2) is 5.08. The minimum absolute atomic E-state index is 0.166. The summed E-state index contributed by atoms with van der Waals surface area (Å²) in [5.41, 5.74) is 1.10. The van der Waals surface area contributed by atoms with E-state index in [1.165, 1.54) is 0 Å². The van der Waals surface area contributed by atoms with E-state index in [0.29, 0.717) is 34.1 Å². The molecule has 0 saturated carbocycles. The van der Waals surface area contributed by atoms with Crippen molar-refractivity contribution in [3.05, 3.63) is 47.5 Å². The van der Waals surface area contributed by atoms with Gasteiger partial charge >= 0.3 is 0 Å². The lowest BCUT2D eigenvalue weighted by Gasteiger charge is -2.19. The number of hydrogen-bond donors (Lipinski definition) is 2. The molecule has 0 radical (unpaired) electrons. The first-order valence-electron chi connectivity index (χ1n) is 6.87. The van der Waals surface area contributed by atoms with Gasteiger partial charge in [-0.15, -0.1) is 0 Å². The van der Waals surface area contributed by atoms with Crippen molar-refractivity contribution in [2.75, 3.05) is 13.6 Å². The average molecular weight is 302 g/mol. The van der Waals surface area contributed by atoms with Gasteiger partial charge in [0.1, 0.15) is 12.2 Å². The molecule has 2 aromatic rings. The monoisotopic (exact) mass is 302 g/mol. The predicted molar refractivity (Wildman–Crippen MR) is 75.0 cm³/mol. The summed E-state index contributed by atoms with van der Waals surface area (Å²) in [7, 11) is 0. The summed E-state index contributed by atoms with van der Waals surface area (Å²) in [6.07, 6.45) is -2.18. The maximum atomic E-state index is 10.4. The van der Waals surface area contributed by atoms with E-state index in [-0.39, 0.29) is 13.6 Å². The van der Waals surface area contributed by atoms with E-state index in [2.05, 4.69) is 0 Å². The van der Waals surface area contributed by atoms with E-state index in [9.17, 15) is 10.2 Å². The molecule has 2 atom stereocenters. The fraction of sp³-hybridized carbons (Fsp3) is 0.250. The second-order valence-electron chi connectivity index (χ2n) is 5.12. The zero-order chi connectivity index (χ0) is 15.1. The van der Waals surface area contributed by atoms with E-state index in [1.807, 2.05) is 0 Å². The summed E-state index contributed by atoms with van der Waals surface area (Å²) in [6.45, 7) is 0.333. The van der Waals surface area contributed by atoms with E-state index in [0.717, 1.165) is 0 Å². The number of ether oxygens (including phenoxy) is 4. The van der Waals surface area contributed by atoms with Crippen LogP contribution in [0, 0.1) is 0 Å². The number of rotatable bonds is 3. The van der Waals surface area contributed by atoms with E-state index < -0.39 is 12.2 Å². The fourth-order valence-electron chi connectivity index (χ4n) is 2.56. The highest BCUT2D eigenvalue weighted by Crippen LogP contribution is 2.39. The Kier molecular flexibility index (Phi) is 3.06. The van der Waals surface area contributed by atoms with Crippen molar-refractivity contribution in [3.8, 4) is 23.0 Å². The Morgan fingerprint density at radius 3 is 1.50 bits per heavy atom. The van der Waals surface area contributed by atoms with Gasteiger partial charge in [0.05, 0.1) is 0 Å². The smallest absolute Gasteiger partial charge is 0.231 e. The molecule has 0 aliphatic carbocycles. The van der Waals surface area contributed by atoms with Crippen LogP contribution in [0.15, 0.2) is 36.4 Å². The third kappa shape index (κ3) is 2.13. The first-order chi connectivity index (χ1) is 10.7. The molecule has 2 aliphatic heterocycles. The van der Waals surface area contributed by atoms with Crippen LogP contribution in [0.1, 0.15) is 23.3 Å². The van der Waals surface area contributed by atoms with Crippen LogP contribution in [-0.2, 0) is 0 Å². The van der Waals surface area contributed by atoms with E-state index in [4.69, 9.17) is 18.9 Å². The summed E-state index contributed by atoms with van der Waals surface area (Å²) in [5, 5.41) is 20.8. The zero-order valence-corrected chi connectivity index (χ0v) is 11.6. The Hall–Kier alpha value is -2.44. The molecular weight excluding hydrogens is 288 g/mol. The molecule has 0 fully saturated rings. The van der Waals surface area contributed by atoms with Crippen LogP contribution < -0.4 is 18.9 Å². The number of benzene rings is 2. The summed E-state index contributed by atoms with van der Waals surface area (Å²) >= 11 is 0. The van der Waals surface area contributed by atoms with Crippen molar-refractivity contribution in [3.63, 3.8) is 0 Å². The lowest BCUT2D eigenvalue weighted by Crippen LogP contribution is -2.10. The second-order valence-corrected chi connectivity index (χ2v) is 5.12. The Morgan fingerprint density at radius 2 is 1.05 bits per heavy atom. The van der Waals surface area contributed by atoms with Crippen molar-refractivity contribution in [2.24, 2.45) is 0 Å².